The number of benzene rings is 1. The SMILES string of the molecule is Cn1ncc2c(N3CCN(C(=O)c4c(F)cccc4Cl)CC3)ncnc21. The summed E-state index contributed by atoms with van der Waals surface area (Å²) in [6, 6.07) is 4.25. The average Bonchev–Trinajstić information content (AvgIpc) is 3.03. The Kier molecular flexibility index (Phi) is 4.20. The van der Waals surface area contributed by atoms with Gasteiger partial charge in [-0.05, 0) is 12.1 Å². The maximum Gasteiger partial charge on any atom is 0.258 e. The highest BCUT2D eigenvalue weighted by Crippen LogP contribution is 2.25. The van der Waals surface area contributed by atoms with Crippen LogP contribution in [0.4, 0.5) is 10.2 Å². The molecule has 0 atom stereocenters. The second kappa shape index (κ2) is 6.53. The standard InChI is InChI=1S/C17H16ClFN6O/c1-23-15-11(9-22-23)16(21-10-20-15)24-5-7-25(8-6-24)17(26)14-12(18)3-2-4-13(14)19/h2-4,9-10H,5-8H2,1H3. The summed E-state index contributed by atoms with van der Waals surface area (Å²) in [4.78, 5) is 25.0. The van der Waals surface area contributed by atoms with Gasteiger partial charge >= 0.3 is 0 Å². The molecule has 4 rings (SSSR count). The molecule has 1 aromatic carbocycles. The number of fused-ring (bicyclic) bond motifs is 1. The first kappa shape index (κ1) is 16.7. The third kappa shape index (κ3) is 2.76. The number of nitrogens with zero attached hydrogens (tertiary/aromatic N) is 6. The van der Waals surface area contributed by atoms with Crippen molar-refractivity contribution in [3.8, 4) is 0 Å². The lowest BCUT2D eigenvalue weighted by Crippen LogP contribution is -2.49. The van der Waals surface area contributed by atoms with Gasteiger partial charge in [0.05, 0.1) is 22.2 Å². The first-order valence-electron chi connectivity index (χ1n) is 8.17. The van der Waals surface area contributed by atoms with E-state index in [-0.39, 0.29) is 16.5 Å². The average molecular weight is 375 g/mol. The molecule has 26 heavy (non-hydrogen) atoms. The molecular weight excluding hydrogens is 359 g/mol. The smallest absolute Gasteiger partial charge is 0.258 e. The fourth-order valence-corrected chi connectivity index (χ4v) is 3.43. The van der Waals surface area contributed by atoms with Gasteiger partial charge in [0.2, 0.25) is 0 Å². The molecule has 1 aliphatic heterocycles. The number of aromatic nitrogens is 4. The van der Waals surface area contributed by atoms with E-state index in [2.05, 4.69) is 20.0 Å². The molecule has 1 amide bonds. The first-order chi connectivity index (χ1) is 12.6. The molecule has 1 aliphatic rings. The van der Waals surface area contributed by atoms with Crippen LogP contribution in [0.2, 0.25) is 5.02 Å². The van der Waals surface area contributed by atoms with Crippen molar-refractivity contribution in [2.24, 2.45) is 7.05 Å². The lowest BCUT2D eigenvalue weighted by atomic mass is 10.1. The first-order valence-corrected chi connectivity index (χ1v) is 8.55. The van der Waals surface area contributed by atoms with Gasteiger partial charge in [0.25, 0.3) is 5.91 Å². The summed E-state index contributed by atoms with van der Waals surface area (Å²) in [5.41, 5.74) is 0.686. The predicted molar refractivity (Wildman–Crippen MR) is 95.8 cm³/mol. The van der Waals surface area contributed by atoms with Crippen molar-refractivity contribution in [1.29, 1.82) is 0 Å². The van der Waals surface area contributed by atoms with Crippen LogP contribution in [0.5, 0.6) is 0 Å². The number of aryl methyl sites for hydroxylation is 1. The maximum absolute atomic E-state index is 14.0. The Morgan fingerprint density at radius 2 is 1.96 bits per heavy atom. The highest BCUT2D eigenvalue weighted by atomic mass is 35.5. The van der Waals surface area contributed by atoms with Crippen LogP contribution in [0, 0.1) is 5.82 Å². The van der Waals surface area contributed by atoms with Gasteiger partial charge in [0.1, 0.15) is 18.0 Å². The highest BCUT2D eigenvalue weighted by molar-refractivity contribution is 6.33. The van der Waals surface area contributed by atoms with Crippen molar-refractivity contribution in [2.75, 3.05) is 31.1 Å². The normalized spacial score (nSPS) is 14.9. The summed E-state index contributed by atoms with van der Waals surface area (Å²) in [6.07, 6.45) is 3.25. The van der Waals surface area contributed by atoms with Crippen molar-refractivity contribution in [2.45, 2.75) is 0 Å². The summed E-state index contributed by atoms with van der Waals surface area (Å²) in [5, 5.41) is 5.22. The van der Waals surface area contributed by atoms with Crippen LogP contribution < -0.4 is 4.90 Å². The Morgan fingerprint density at radius 1 is 1.19 bits per heavy atom. The van der Waals surface area contributed by atoms with E-state index < -0.39 is 5.82 Å². The van der Waals surface area contributed by atoms with E-state index in [1.807, 2.05) is 7.05 Å². The van der Waals surface area contributed by atoms with Crippen LogP contribution >= 0.6 is 11.6 Å². The third-order valence-electron chi connectivity index (χ3n) is 4.55. The van der Waals surface area contributed by atoms with E-state index in [1.165, 1.54) is 24.5 Å². The Morgan fingerprint density at radius 3 is 2.69 bits per heavy atom. The number of hydrogen-bond donors (Lipinski definition) is 0. The molecule has 0 aliphatic carbocycles. The van der Waals surface area contributed by atoms with Crippen molar-refractivity contribution in [1.82, 2.24) is 24.6 Å². The van der Waals surface area contributed by atoms with Gasteiger partial charge in [0, 0.05) is 33.2 Å². The van der Waals surface area contributed by atoms with Gasteiger partial charge in [-0.25, -0.2) is 14.4 Å². The zero-order valence-electron chi connectivity index (χ0n) is 14.1. The number of halogens is 2. The molecule has 0 saturated carbocycles. The Balaban J connectivity index is 1.53. The molecule has 0 N–H and O–H groups in total. The lowest BCUT2D eigenvalue weighted by Gasteiger charge is -2.35. The minimum Gasteiger partial charge on any atom is -0.352 e. The summed E-state index contributed by atoms with van der Waals surface area (Å²) in [6.45, 7) is 2.07. The molecule has 9 heteroatoms. The number of anilines is 1. The second-order valence-corrected chi connectivity index (χ2v) is 6.49. The minimum absolute atomic E-state index is 0.0701. The molecule has 1 fully saturated rings. The van der Waals surface area contributed by atoms with Crippen LogP contribution in [-0.4, -0.2) is 56.7 Å². The fourth-order valence-electron chi connectivity index (χ4n) is 3.18. The molecular formula is C17H16ClFN6O. The number of piperazine rings is 1. The van der Waals surface area contributed by atoms with E-state index in [0.717, 1.165) is 16.9 Å². The molecule has 0 spiro atoms. The van der Waals surface area contributed by atoms with Crippen LogP contribution in [0.3, 0.4) is 0 Å². The van der Waals surface area contributed by atoms with E-state index in [1.54, 1.807) is 15.8 Å². The summed E-state index contributed by atoms with van der Waals surface area (Å²) < 4.78 is 15.7. The van der Waals surface area contributed by atoms with Crippen LogP contribution in [0.15, 0.2) is 30.7 Å². The van der Waals surface area contributed by atoms with Gasteiger partial charge in [-0.2, -0.15) is 5.10 Å². The molecule has 0 bridgehead atoms. The zero-order chi connectivity index (χ0) is 18.3. The van der Waals surface area contributed by atoms with Gasteiger partial charge in [-0.15, -0.1) is 0 Å². The third-order valence-corrected chi connectivity index (χ3v) is 4.87. The molecule has 0 radical (unpaired) electrons. The molecule has 3 aromatic rings. The van der Waals surface area contributed by atoms with Gasteiger partial charge < -0.3 is 9.80 Å². The number of carbonyl (C=O) groups excluding carboxylic acids is 1. The van der Waals surface area contributed by atoms with Gasteiger partial charge in [-0.3, -0.25) is 9.48 Å². The number of hydrogen-bond acceptors (Lipinski definition) is 5. The number of amides is 1. The summed E-state index contributed by atoms with van der Waals surface area (Å²) in [5.74, 6) is -0.195. The summed E-state index contributed by atoms with van der Waals surface area (Å²) in [7, 11) is 1.83. The predicted octanol–water partition coefficient (Wildman–Crippen LogP) is 2.12. The Bertz CT molecular complexity index is 962. The van der Waals surface area contributed by atoms with Gasteiger partial charge in [0.15, 0.2) is 5.65 Å². The topological polar surface area (TPSA) is 67.2 Å². The van der Waals surface area contributed by atoms with Crippen LogP contribution in [0.25, 0.3) is 11.0 Å². The lowest BCUT2D eigenvalue weighted by molar-refractivity contribution is 0.0742. The van der Waals surface area contributed by atoms with Crippen LogP contribution in [0.1, 0.15) is 10.4 Å². The number of rotatable bonds is 2. The fraction of sp³-hybridized carbons (Fsp3) is 0.294. The monoisotopic (exact) mass is 374 g/mol. The molecule has 2 aromatic heterocycles. The van der Waals surface area contributed by atoms with Crippen molar-refractivity contribution >= 4 is 34.4 Å². The van der Waals surface area contributed by atoms with Crippen molar-refractivity contribution < 1.29 is 9.18 Å². The highest BCUT2D eigenvalue weighted by Gasteiger charge is 2.27. The van der Waals surface area contributed by atoms with Gasteiger partial charge in [-0.1, -0.05) is 17.7 Å². The van der Waals surface area contributed by atoms with E-state index >= 15 is 0 Å². The zero-order valence-corrected chi connectivity index (χ0v) is 14.8. The Labute approximate surface area is 154 Å². The van der Waals surface area contributed by atoms with E-state index in [4.69, 9.17) is 11.6 Å². The largest absolute Gasteiger partial charge is 0.352 e. The minimum atomic E-state index is -0.599. The second-order valence-electron chi connectivity index (χ2n) is 6.08. The van der Waals surface area contributed by atoms with Crippen molar-refractivity contribution in [3.05, 3.63) is 47.1 Å². The van der Waals surface area contributed by atoms with Crippen LogP contribution in [-0.2, 0) is 7.05 Å². The Hall–Kier alpha value is -2.74. The quantitative estimate of drug-likeness (QED) is 0.687. The molecule has 134 valence electrons. The van der Waals surface area contributed by atoms with Crippen molar-refractivity contribution in [3.63, 3.8) is 0 Å². The summed E-state index contributed by atoms with van der Waals surface area (Å²) >= 11 is 6.01. The molecule has 1 saturated heterocycles. The van der Waals surface area contributed by atoms with E-state index in [9.17, 15) is 9.18 Å². The molecule has 0 unspecified atom stereocenters. The molecule has 7 nitrogen and oxygen atoms in total. The number of carbonyl (C=O) groups is 1. The molecule has 3 heterocycles. The van der Waals surface area contributed by atoms with E-state index in [0.29, 0.717) is 26.2 Å². The maximum atomic E-state index is 14.0.